The first-order valence-electron chi connectivity index (χ1n) is 6.57. The van der Waals surface area contributed by atoms with E-state index in [-0.39, 0.29) is 5.88 Å². The van der Waals surface area contributed by atoms with Gasteiger partial charge in [-0.05, 0) is 37.1 Å². The van der Waals surface area contributed by atoms with Gasteiger partial charge in [0.15, 0.2) is 0 Å². The maximum atomic E-state index is 10.4. The lowest BCUT2D eigenvalue weighted by Crippen LogP contribution is -1.95. The summed E-state index contributed by atoms with van der Waals surface area (Å²) in [6.07, 6.45) is 1.71. The molecule has 0 saturated heterocycles. The zero-order valence-corrected chi connectivity index (χ0v) is 11.5. The molecule has 1 aromatic heterocycles. The molecule has 3 heteroatoms. The Morgan fingerprint density at radius 3 is 2.30 bits per heavy atom. The number of aromatic hydroxyl groups is 1. The number of nitrogens with zero attached hydrogens (tertiary/aromatic N) is 2. The molecule has 0 fully saturated rings. The van der Waals surface area contributed by atoms with Gasteiger partial charge in [-0.2, -0.15) is 5.10 Å². The molecule has 0 amide bonds. The second-order valence-corrected chi connectivity index (χ2v) is 4.94. The quantitative estimate of drug-likeness (QED) is 0.763. The molecule has 0 radical (unpaired) electrons. The molecule has 2 aromatic carbocycles. The summed E-state index contributed by atoms with van der Waals surface area (Å²) in [6.45, 7) is 4.06. The van der Waals surface area contributed by atoms with E-state index in [1.165, 1.54) is 5.56 Å². The van der Waals surface area contributed by atoms with Crippen molar-refractivity contribution in [2.24, 2.45) is 0 Å². The highest BCUT2D eigenvalue weighted by Gasteiger charge is 2.13. The van der Waals surface area contributed by atoms with E-state index in [1.807, 2.05) is 62.4 Å². The molecular formula is C17H16N2O. The Kier molecular flexibility index (Phi) is 3.03. The molecule has 3 aromatic rings. The molecule has 100 valence electrons. The Labute approximate surface area is 118 Å². The van der Waals surface area contributed by atoms with Crippen molar-refractivity contribution >= 4 is 0 Å². The topological polar surface area (TPSA) is 38.0 Å². The van der Waals surface area contributed by atoms with Gasteiger partial charge in [-0.1, -0.05) is 42.0 Å². The van der Waals surface area contributed by atoms with Gasteiger partial charge < -0.3 is 5.11 Å². The van der Waals surface area contributed by atoms with Crippen LogP contribution in [0.5, 0.6) is 5.88 Å². The van der Waals surface area contributed by atoms with Crippen LogP contribution in [0.25, 0.3) is 16.8 Å². The molecule has 1 N–H and O–H groups in total. The maximum absolute atomic E-state index is 10.4. The number of hydrogen-bond donors (Lipinski definition) is 1. The molecule has 0 aliphatic rings. The lowest BCUT2D eigenvalue weighted by molar-refractivity contribution is 0.435. The van der Waals surface area contributed by atoms with Crippen LogP contribution in [0.3, 0.4) is 0 Å². The van der Waals surface area contributed by atoms with Gasteiger partial charge in [0.05, 0.1) is 17.4 Å². The molecule has 3 nitrogen and oxygen atoms in total. The summed E-state index contributed by atoms with van der Waals surface area (Å²) < 4.78 is 1.56. The van der Waals surface area contributed by atoms with Crippen LogP contribution in [0, 0.1) is 13.8 Å². The van der Waals surface area contributed by atoms with Gasteiger partial charge in [-0.3, -0.25) is 0 Å². The minimum absolute atomic E-state index is 0.170. The lowest BCUT2D eigenvalue weighted by Gasteiger charge is -2.06. The molecule has 0 bridgehead atoms. The number of aromatic nitrogens is 2. The SMILES string of the molecule is Cc1ccc(-n2ncc(-c3ccccc3C)c2O)cc1. The zero-order chi connectivity index (χ0) is 14.1. The Morgan fingerprint density at radius 1 is 0.900 bits per heavy atom. The molecule has 0 atom stereocenters. The predicted molar refractivity (Wildman–Crippen MR) is 80.1 cm³/mol. The summed E-state index contributed by atoms with van der Waals surface area (Å²) in [6, 6.07) is 15.9. The third-order valence-electron chi connectivity index (χ3n) is 3.46. The molecule has 0 saturated carbocycles. The fourth-order valence-corrected chi connectivity index (χ4v) is 2.28. The second-order valence-electron chi connectivity index (χ2n) is 4.94. The molecule has 0 aliphatic carbocycles. The minimum atomic E-state index is 0.170. The van der Waals surface area contributed by atoms with Crippen molar-refractivity contribution in [1.82, 2.24) is 9.78 Å². The van der Waals surface area contributed by atoms with Gasteiger partial charge in [-0.25, -0.2) is 4.68 Å². The maximum Gasteiger partial charge on any atom is 0.222 e. The zero-order valence-electron chi connectivity index (χ0n) is 11.5. The molecule has 0 spiro atoms. The summed E-state index contributed by atoms with van der Waals surface area (Å²) in [4.78, 5) is 0. The first kappa shape index (κ1) is 12.5. The second kappa shape index (κ2) is 4.85. The third kappa shape index (κ3) is 2.07. The predicted octanol–water partition coefficient (Wildman–Crippen LogP) is 3.86. The van der Waals surface area contributed by atoms with E-state index < -0.39 is 0 Å². The highest BCUT2D eigenvalue weighted by atomic mass is 16.3. The lowest BCUT2D eigenvalue weighted by atomic mass is 10.0. The van der Waals surface area contributed by atoms with Crippen LogP contribution in [0.4, 0.5) is 0 Å². The van der Waals surface area contributed by atoms with E-state index in [0.717, 1.165) is 22.4 Å². The fourth-order valence-electron chi connectivity index (χ4n) is 2.28. The average Bonchev–Trinajstić information content (AvgIpc) is 2.82. The highest BCUT2D eigenvalue weighted by Crippen LogP contribution is 2.32. The van der Waals surface area contributed by atoms with Crippen LogP contribution in [-0.2, 0) is 0 Å². The molecular weight excluding hydrogens is 248 g/mol. The molecule has 0 unspecified atom stereocenters. The average molecular weight is 264 g/mol. The van der Waals surface area contributed by atoms with Crippen molar-refractivity contribution in [3.63, 3.8) is 0 Å². The Hall–Kier alpha value is -2.55. The first-order chi connectivity index (χ1) is 9.66. The van der Waals surface area contributed by atoms with Crippen LogP contribution >= 0.6 is 0 Å². The molecule has 0 aliphatic heterocycles. The van der Waals surface area contributed by atoms with Crippen LogP contribution < -0.4 is 0 Å². The standard InChI is InChI=1S/C17H16N2O/c1-12-7-9-14(10-8-12)19-17(20)16(11-18-19)15-6-4-3-5-13(15)2/h3-11,20H,1-2H3. The summed E-state index contributed by atoms with van der Waals surface area (Å²) in [5.74, 6) is 0.170. The van der Waals surface area contributed by atoms with Crippen molar-refractivity contribution in [2.45, 2.75) is 13.8 Å². The molecule has 3 rings (SSSR count). The van der Waals surface area contributed by atoms with Crippen molar-refractivity contribution in [1.29, 1.82) is 0 Å². The van der Waals surface area contributed by atoms with E-state index in [0.29, 0.717) is 0 Å². The summed E-state index contributed by atoms with van der Waals surface area (Å²) in [5, 5.41) is 14.7. The van der Waals surface area contributed by atoms with Crippen LogP contribution in [-0.4, -0.2) is 14.9 Å². The number of aryl methyl sites for hydroxylation is 2. The van der Waals surface area contributed by atoms with Crippen LogP contribution in [0.2, 0.25) is 0 Å². The number of hydrogen-bond acceptors (Lipinski definition) is 2. The Bertz CT molecular complexity index is 742. The number of benzene rings is 2. The van der Waals surface area contributed by atoms with Gasteiger partial charge in [-0.15, -0.1) is 0 Å². The fraction of sp³-hybridized carbons (Fsp3) is 0.118. The first-order valence-corrected chi connectivity index (χ1v) is 6.57. The van der Waals surface area contributed by atoms with Crippen molar-refractivity contribution in [3.8, 4) is 22.7 Å². The summed E-state index contributed by atoms with van der Waals surface area (Å²) in [7, 11) is 0. The Morgan fingerprint density at radius 2 is 1.60 bits per heavy atom. The monoisotopic (exact) mass is 264 g/mol. The summed E-state index contributed by atoms with van der Waals surface area (Å²) >= 11 is 0. The third-order valence-corrected chi connectivity index (χ3v) is 3.46. The molecule has 20 heavy (non-hydrogen) atoms. The van der Waals surface area contributed by atoms with Crippen molar-refractivity contribution in [2.75, 3.05) is 0 Å². The van der Waals surface area contributed by atoms with Crippen LogP contribution in [0.15, 0.2) is 54.7 Å². The van der Waals surface area contributed by atoms with Gasteiger partial charge >= 0.3 is 0 Å². The largest absolute Gasteiger partial charge is 0.493 e. The van der Waals surface area contributed by atoms with E-state index in [2.05, 4.69) is 5.10 Å². The minimum Gasteiger partial charge on any atom is -0.493 e. The van der Waals surface area contributed by atoms with E-state index in [1.54, 1.807) is 10.9 Å². The molecule has 1 heterocycles. The van der Waals surface area contributed by atoms with Crippen molar-refractivity contribution in [3.05, 3.63) is 65.9 Å². The highest BCUT2D eigenvalue weighted by molar-refractivity contribution is 5.71. The van der Waals surface area contributed by atoms with Gasteiger partial charge in [0, 0.05) is 0 Å². The van der Waals surface area contributed by atoms with Gasteiger partial charge in [0.1, 0.15) is 0 Å². The van der Waals surface area contributed by atoms with Gasteiger partial charge in [0.25, 0.3) is 0 Å². The smallest absolute Gasteiger partial charge is 0.222 e. The van der Waals surface area contributed by atoms with Crippen LogP contribution in [0.1, 0.15) is 11.1 Å². The van der Waals surface area contributed by atoms with E-state index in [9.17, 15) is 5.11 Å². The van der Waals surface area contributed by atoms with E-state index in [4.69, 9.17) is 0 Å². The Balaban J connectivity index is 2.09. The van der Waals surface area contributed by atoms with Crippen molar-refractivity contribution < 1.29 is 5.11 Å². The summed E-state index contributed by atoms with van der Waals surface area (Å²) in [5.41, 5.74) is 4.91. The van der Waals surface area contributed by atoms with E-state index >= 15 is 0 Å². The number of rotatable bonds is 2. The normalized spacial score (nSPS) is 10.7. The van der Waals surface area contributed by atoms with Gasteiger partial charge in [0.2, 0.25) is 5.88 Å².